The molecule has 110 valence electrons. The van der Waals surface area contributed by atoms with Crippen LogP contribution in [0, 0.1) is 5.41 Å². The van der Waals surface area contributed by atoms with E-state index in [1.807, 2.05) is 0 Å². The molecule has 2 atom stereocenters. The number of likely N-dealkylation sites (tertiary alicyclic amines) is 1. The molecule has 2 N–H and O–H groups in total. The number of hydrogen-bond donors (Lipinski definition) is 2. The van der Waals surface area contributed by atoms with Crippen molar-refractivity contribution in [2.24, 2.45) is 0 Å². The largest absolute Gasteiger partial charge is 0.389 e. The van der Waals surface area contributed by atoms with Crippen molar-refractivity contribution >= 4 is 17.0 Å². The SMILES string of the molecule is N=C1CCc2sccc2C1OCC(O)CN1CCCC1. The zero-order chi connectivity index (χ0) is 13.9. The van der Waals surface area contributed by atoms with Gasteiger partial charge in [0.2, 0.25) is 0 Å². The average Bonchev–Trinajstić information content (AvgIpc) is 3.08. The summed E-state index contributed by atoms with van der Waals surface area (Å²) >= 11 is 1.74. The van der Waals surface area contributed by atoms with Gasteiger partial charge in [0.05, 0.1) is 12.7 Å². The summed E-state index contributed by atoms with van der Waals surface area (Å²) in [5.74, 6) is 0. The monoisotopic (exact) mass is 294 g/mol. The molecule has 0 radical (unpaired) electrons. The van der Waals surface area contributed by atoms with Crippen molar-refractivity contribution in [1.29, 1.82) is 5.41 Å². The summed E-state index contributed by atoms with van der Waals surface area (Å²) in [5.41, 5.74) is 1.78. The average molecular weight is 294 g/mol. The molecule has 2 unspecified atom stereocenters. The topological polar surface area (TPSA) is 56.6 Å². The van der Waals surface area contributed by atoms with Gasteiger partial charge in [0.25, 0.3) is 0 Å². The van der Waals surface area contributed by atoms with Crippen LogP contribution in [-0.2, 0) is 11.2 Å². The van der Waals surface area contributed by atoms with Crippen molar-refractivity contribution in [3.05, 3.63) is 21.9 Å². The van der Waals surface area contributed by atoms with Crippen molar-refractivity contribution in [3.8, 4) is 0 Å². The molecule has 20 heavy (non-hydrogen) atoms. The van der Waals surface area contributed by atoms with E-state index in [1.54, 1.807) is 11.3 Å². The van der Waals surface area contributed by atoms with Gasteiger partial charge in [-0.15, -0.1) is 11.3 Å². The Morgan fingerprint density at radius 2 is 2.20 bits per heavy atom. The van der Waals surface area contributed by atoms with Crippen molar-refractivity contribution in [1.82, 2.24) is 4.90 Å². The number of nitrogens with zero attached hydrogens (tertiary/aromatic N) is 1. The van der Waals surface area contributed by atoms with Crippen molar-refractivity contribution in [3.63, 3.8) is 0 Å². The number of thiophene rings is 1. The van der Waals surface area contributed by atoms with Crippen LogP contribution in [0.2, 0.25) is 0 Å². The molecule has 3 rings (SSSR count). The summed E-state index contributed by atoms with van der Waals surface area (Å²) in [5, 5.41) is 20.2. The second-order valence-corrected chi connectivity index (χ2v) is 6.70. The summed E-state index contributed by atoms with van der Waals surface area (Å²) < 4.78 is 5.86. The maximum atomic E-state index is 10.1. The molecule has 1 fully saturated rings. The van der Waals surface area contributed by atoms with E-state index in [9.17, 15) is 5.11 Å². The molecular formula is C15H22N2O2S. The van der Waals surface area contributed by atoms with E-state index in [-0.39, 0.29) is 6.10 Å². The Kier molecular flexibility index (Phi) is 4.51. The molecule has 0 aromatic carbocycles. The molecule has 1 aliphatic carbocycles. The number of nitrogens with one attached hydrogen (secondary N) is 1. The molecule has 4 nitrogen and oxygen atoms in total. The molecule has 2 aliphatic rings. The lowest BCUT2D eigenvalue weighted by Crippen LogP contribution is -2.34. The number of aliphatic hydroxyl groups excluding tert-OH is 1. The number of aryl methyl sites for hydroxylation is 1. The highest BCUT2D eigenvalue weighted by atomic mass is 32.1. The van der Waals surface area contributed by atoms with Gasteiger partial charge in [-0.25, -0.2) is 0 Å². The van der Waals surface area contributed by atoms with Crippen molar-refractivity contribution in [2.75, 3.05) is 26.2 Å². The van der Waals surface area contributed by atoms with Crippen LogP contribution in [0.15, 0.2) is 11.4 Å². The Labute approximate surface area is 123 Å². The lowest BCUT2D eigenvalue weighted by Gasteiger charge is -2.26. The van der Waals surface area contributed by atoms with E-state index in [1.165, 1.54) is 17.7 Å². The van der Waals surface area contributed by atoms with E-state index in [0.717, 1.165) is 31.5 Å². The highest BCUT2D eigenvalue weighted by molar-refractivity contribution is 7.10. The van der Waals surface area contributed by atoms with Crippen LogP contribution >= 0.6 is 11.3 Å². The second-order valence-electron chi connectivity index (χ2n) is 5.70. The molecule has 1 saturated heterocycles. The summed E-state index contributed by atoms with van der Waals surface area (Å²) in [6.07, 6.45) is 3.52. The maximum absolute atomic E-state index is 10.1. The maximum Gasteiger partial charge on any atom is 0.121 e. The zero-order valence-electron chi connectivity index (χ0n) is 11.7. The minimum atomic E-state index is -0.454. The van der Waals surface area contributed by atoms with Crippen LogP contribution in [0.1, 0.15) is 35.8 Å². The summed E-state index contributed by atoms with van der Waals surface area (Å²) in [7, 11) is 0. The quantitative estimate of drug-likeness (QED) is 0.875. The Hall–Kier alpha value is -0.750. The molecule has 1 aromatic heterocycles. The number of aliphatic hydroxyl groups is 1. The van der Waals surface area contributed by atoms with Crippen LogP contribution < -0.4 is 0 Å². The molecule has 1 aromatic rings. The molecule has 1 aliphatic heterocycles. The first kappa shape index (κ1) is 14.2. The van der Waals surface area contributed by atoms with E-state index in [2.05, 4.69) is 16.3 Å². The van der Waals surface area contributed by atoms with Crippen LogP contribution in [0.4, 0.5) is 0 Å². The smallest absolute Gasteiger partial charge is 0.121 e. The molecule has 0 amide bonds. The molecular weight excluding hydrogens is 272 g/mol. The Bertz CT molecular complexity index is 468. The van der Waals surface area contributed by atoms with Crippen LogP contribution in [-0.4, -0.2) is 48.1 Å². The molecule has 0 spiro atoms. The van der Waals surface area contributed by atoms with E-state index in [4.69, 9.17) is 10.1 Å². The number of ether oxygens (including phenoxy) is 1. The number of hydrogen-bond acceptors (Lipinski definition) is 5. The van der Waals surface area contributed by atoms with E-state index in [0.29, 0.717) is 18.9 Å². The van der Waals surface area contributed by atoms with Gasteiger partial charge < -0.3 is 20.2 Å². The fraction of sp³-hybridized carbons (Fsp3) is 0.667. The molecule has 5 heteroatoms. The van der Waals surface area contributed by atoms with Gasteiger partial charge in [0.15, 0.2) is 0 Å². The number of β-amino-alcohol motifs (C(OH)–C–C–N with tert-alkyl or cyclic N) is 1. The summed E-state index contributed by atoms with van der Waals surface area (Å²) in [6.45, 7) is 3.19. The predicted octanol–water partition coefficient (Wildman–Crippen LogP) is 2.23. The normalized spacial score (nSPS) is 24.9. The predicted molar refractivity (Wildman–Crippen MR) is 80.7 cm³/mol. The number of rotatable bonds is 5. The van der Waals surface area contributed by atoms with Gasteiger partial charge >= 0.3 is 0 Å². The minimum absolute atomic E-state index is 0.238. The van der Waals surface area contributed by atoms with Gasteiger partial charge in [-0.2, -0.15) is 0 Å². The third-order valence-corrected chi connectivity index (χ3v) is 5.12. The first-order valence-electron chi connectivity index (χ1n) is 7.39. The third-order valence-electron chi connectivity index (χ3n) is 4.12. The van der Waals surface area contributed by atoms with Crippen LogP contribution in [0.5, 0.6) is 0 Å². The minimum Gasteiger partial charge on any atom is -0.389 e. The third kappa shape index (κ3) is 3.11. The van der Waals surface area contributed by atoms with Crippen molar-refractivity contribution < 1.29 is 9.84 Å². The Morgan fingerprint density at radius 1 is 1.40 bits per heavy atom. The Balaban J connectivity index is 1.54. The van der Waals surface area contributed by atoms with Crippen molar-refractivity contribution in [2.45, 2.75) is 37.9 Å². The van der Waals surface area contributed by atoms with E-state index < -0.39 is 6.10 Å². The summed E-state index contributed by atoms with van der Waals surface area (Å²) in [4.78, 5) is 3.62. The fourth-order valence-corrected chi connectivity index (χ4v) is 3.98. The fourth-order valence-electron chi connectivity index (χ4n) is 3.07. The van der Waals surface area contributed by atoms with Gasteiger partial charge in [-0.3, -0.25) is 0 Å². The van der Waals surface area contributed by atoms with E-state index >= 15 is 0 Å². The van der Waals surface area contributed by atoms with Gasteiger partial charge in [-0.05, 0) is 50.2 Å². The zero-order valence-corrected chi connectivity index (χ0v) is 12.5. The van der Waals surface area contributed by atoms with Gasteiger partial charge in [0.1, 0.15) is 6.10 Å². The van der Waals surface area contributed by atoms with Crippen LogP contribution in [0.25, 0.3) is 0 Å². The van der Waals surface area contributed by atoms with Gasteiger partial charge in [-0.1, -0.05) is 0 Å². The van der Waals surface area contributed by atoms with Crippen LogP contribution in [0.3, 0.4) is 0 Å². The lowest BCUT2D eigenvalue weighted by molar-refractivity contribution is 0.00149. The lowest BCUT2D eigenvalue weighted by atomic mass is 9.94. The first-order chi connectivity index (χ1) is 9.74. The van der Waals surface area contributed by atoms with Gasteiger partial charge in [0, 0.05) is 22.7 Å². The second kappa shape index (κ2) is 6.35. The standard InChI is InChI=1S/C15H22N2O2S/c16-13-3-4-14-12(5-8-20-14)15(13)19-10-11(18)9-17-6-1-2-7-17/h5,8,11,15-16,18H,1-4,6-7,9-10H2. The molecule has 0 bridgehead atoms. The molecule has 2 heterocycles. The first-order valence-corrected chi connectivity index (χ1v) is 8.27. The number of fused-ring (bicyclic) bond motifs is 1. The Morgan fingerprint density at radius 3 is 3.00 bits per heavy atom. The summed E-state index contributed by atoms with van der Waals surface area (Å²) in [6, 6.07) is 2.06. The highest BCUT2D eigenvalue weighted by Gasteiger charge is 2.27. The highest BCUT2D eigenvalue weighted by Crippen LogP contribution is 2.33. The molecule has 0 saturated carbocycles.